The van der Waals surface area contributed by atoms with Crippen molar-refractivity contribution in [2.24, 2.45) is 0 Å². The van der Waals surface area contributed by atoms with Crippen molar-refractivity contribution in [1.29, 1.82) is 0 Å². The van der Waals surface area contributed by atoms with Gasteiger partial charge in [0.15, 0.2) is 0 Å². The number of hydrogen-bond acceptors (Lipinski definition) is 4. The molecule has 2 rings (SSSR count). The number of ether oxygens (including phenoxy) is 1. The summed E-state index contributed by atoms with van der Waals surface area (Å²) in [5, 5.41) is 0.549. The largest absolute Gasteiger partial charge is 0.374 e. The minimum atomic E-state index is -3.75. The van der Waals surface area contributed by atoms with Crippen molar-refractivity contribution in [2.45, 2.75) is 24.0 Å². The van der Waals surface area contributed by atoms with Crippen LogP contribution in [0.2, 0.25) is 0 Å². The van der Waals surface area contributed by atoms with E-state index in [1.54, 1.807) is 6.92 Å². The van der Waals surface area contributed by atoms with Crippen LogP contribution in [0.25, 0.3) is 0 Å². The molecule has 0 aromatic carbocycles. The minimum absolute atomic E-state index is 0.130. The highest BCUT2D eigenvalue weighted by atomic mass is 79.9. The Bertz CT molecular complexity index is 555. The lowest BCUT2D eigenvalue weighted by Gasteiger charge is -2.36. The second kappa shape index (κ2) is 5.82. The highest BCUT2D eigenvalue weighted by Crippen LogP contribution is 2.23. The zero-order valence-electron chi connectivity index (χ0n) is 10.3. The lowest BCUT2D eigenvalue weighted by molar-refractivity contribution is -0.0139. The van der Waals surface area contributed by atoms with Gasteiger partial charge in [0.05, 0.1) is 18.9 Å². The number of morpholine rings is 1. The van der Waals surface area contributed by atoms with Crippen molar-refractivity contribution < 1.29 is 17.5 Å². The van der Waals surface area contributed by atoms with Crippen LogP contribution < -0.4 is 0 Å². The molecule has 0 spiro atoms. The lowest BCUT2D eigenvalue weighted by Crippen LogP contribution is -2.51. The number of halogens is 2. The van der Waals surface area contributed by atoms with Gasteiger partial charge in [-0.05, 0) is 13.0 Å². The highest BCUT2D eigenvalue weighted by molar-refractivity contribution is 9.09. The van der Waals surface area contributed by atoms with Gasteiger partial charge in [-0.1, -0.05) is 15.9 Å². The van der Waals surface area contributed by atoms with Gasteiger partial charge >= 0.3 is 0 Å². The fourth-order valence-electron chi connectivity index (χ4n) is 1.89. The zero-order chi connectivity index (χ0) is 14.0. The van der Waals surface area contributed by atoms with Gasteiger partial charge in [0, 0.05) is 24.1 Å². The number of aromatic nitrogens is 1. The predicted octanol–water partition coefficient (Wildman–Crippen LogP) is 1.39. The maximum absolute atomic E-state index is 13.1. The molecule has 2 unspecified atom stereocenters. The molecule has 1 aliphatic rings. The highest BCUT2D eigenvalue weighted by Gasteiger charge is 2.35. The summed E-state index contributed by atoms with van der Waals surface area (Å²) in [6.45, 7) is 2.32. The average molecular weight is 353 g/mol. The lowest BCUT2D eigenvalue weighted by atomic mass is 10.2. The molecule has 106 valence electrons. The summed E-state index contributed by atoms with van der Waals surface area (Å²) in [5.74, 6) is -0.668. The summed E-state index contributed by atoms with van der Waals surface area (Å²) in [4.78, 5) is 3.46. The molecule has 1 aliphatic heterocycles. The summed E-state index contributed by atoms with van der Waals surface area (Å²) < 4.78 is 44.9. The molecule has 0 radical (unpaired) electrons. The zero-order valence-corrected chi connectivity index (χ0v) is 12.7. The monoisotopic (exact) mass is 352 g/mol. The fraction of sp³-hybridized carbons (Fsp3) is 0.545. The Morgan fingerprint density at radius 1 is 1.58 bits per heavy atom. The Kier molecular flexibility index (Phi) is 4.54. The Labute approximate surface area is 120 Å². The van der Waals surface area contributed by atoms with E-state index in [4.69, 9.17) is 4.74 Å². The maximum atomic E-state index is 13.1. The van der Waals surface area contributed by atoms with E-state index in [2.05, 4.69) is 20.9 Å². The van der Waals surface area contributed by atoms with E-state index in [-0.39, 0.29) is 23.6 Å². The first-order valence-electron chi connectivity index (χ1n) is 5.75. The predicted molar refractivity (Wildman–Crippen MR) is 71.1 cm³/mol. The molecule has 1 fully saturated rings. The average Bonchev–Trinajstić information content (AvgIpc) is 2.39. The van der Waals surface area contributed by atoms with Crippen LogP contribution in [-0.2, 0) is 14.8 Å². The molecule has 5 nitrogen and oxygen atoms in total. The van der Waals surface area contributed by atoms with Crippen molar-refractivity contribution in [3.05, 3.63) is 24.3 Å². The van der Waals surface area contributed by atoms with Crippen molar-refractivity contribution in [1.82, 2.24) is 9.29 Å². The molecular weight excluding hydrogens is 339 g/mol. The van der Waals surface area contributed by atoms with E-state index in [1.165, 1.54) is 4.31 Å². The molecule has 2 atom stereocenters. The van der Waals surface area contributed by atoms with Crippen molar-refractivity contribution in [3.63, 3.8) is 0 Å². The third-order valence-corrected chi connectivity index (χ3v) is 5.57. The number of sulfonamides is 1. The SMILES string of the molecule is CC1COC(CBr)CN1S(=O)(=O)c1cncc(F)c1. The maximum Gasteiger partial charge on any atom is 0.245 e. The molecule has 19 heavy (non-hydrogen) atoms. The summed E-state index contributed by atoms with van der Waals surface area (Å²) in [5.41, 5.74) is 0. The van der Waals surface area contributed by atoms with E-state index in [0.29, 0.717) is 11.9 Å². The van der Waals surface area contributed by atoms with Gasteiger partial charge < -0.3 is 4.74 Å². The first kappa shape index (κ1) is 14.8. The molecule has 2 heterocycles. The molecule has 0 aliphatic carbocycles. The standard InChI is InChI=1S/C11H14BrFN2O3S/c1-8-7-18-10(3-12)6-15(8)19(16,17)11-2-9(13)4-14-5-11/h2,4-5,8,10H,3,6-7H2,1H3. The van der Waals surface area contributed by atoms with Crippen molar-refractivity contribution in [3.8, 4) is 0 Å². The van der Waals surface area contributed by atoms with Crippen LogP contribution in [0.5, 0.6) is 0 Å². The van der Waals surface area contributed by atoms with Crippen LogP contribution in [0.3, 0.4) is 0 Å². The van der Waals surface area contributed by atoms with Crippen LogP contribution >= 0.6 is 15.9 Å². The van der Waals surface area contributed by atoms with E-state index in [1.807, 2.05) is 0 Å². The van der Waals surface area contributed by atoms with Gasteiger partial charge in [-0.25, -0.2) is 12.8 Å². The molecular formula is C11H14BrFN2O3S. The fourth-order valence-corrected chi connectivity index (χ4v) is 3.90. The number of nitrogens with zero attached hydrogens (tertiary/aromatic N) is 2. The second-order valence-electron chi connectivity index (χ2n) is 4.37. The van der Waals surface area contributed by atoms with Crippen molar-refractivity contribution >= 4 is 26.0 Å². The molecule has 0 N–H and O–H groups in total. The molecule has 1 aromatic heterocycles. The quantitative estimate of drug-likeness (QED) is 0.771. The van der Waals surface area contributed by atoms with Crippen LogP contribution in [0.1, 0.15) is 6.92 Å². The molecule has 0 saturated carbocycles. The van der Waals surface area contributed by atoms with Crippen molar-refractivity contribution in [2.75, 3.05) is 18.5 Å². The molecule has 1 saturated heterocycles. The van der Waals surface area contributed by atoms with E-state index >= 15 is 0 Å². The number of rotatable bonds is 3. The Morgan fingerprint density at radius 3 is 2.95 bits per heavy atom. The smallest absolute Gasteiger partial charge is 0.245 e. The summed E-state index contributed by atoms with van der Waals surface area (Å²) >= 11 is 3.27. The van der Waals surface area contributed by atoms with Crippen LogP contribution in [0.15, 0.2) is 23.4 Å². The van der Waals surface area contributed by atoms with Crippen LogP contribution in [-0.4, -0.2) is 48.3 Å². The van der Waals surface area contributed by atoms with Crippen LogP contribution in [0.4, 0.5) is 4.39 Å². The van der Waals surface area contributed by atoms with Gasteiger partial charge in [0.25, 0.3) is 0 Å². The number of pyridine rings is 1. The van der Waals surface area contributed by atoms with Gasteiger partial charge in [-0.15, -0.1) is 0 Å². The summed E-state index contributed by atoms with van der Waals surface area (Å²) in [6, 6.07) is 0.691. The Balaban J connectivity index is 2.32. The van der Waals surface area contributed by atoms with E-state index < -0.39 is 15.8 Å². The van der Waals surface area contributed by atoms with Crippen LogP contribution in [0, 0.1) is 5.82 Å². The molecule has 0 amide bonds. The normalized spacial score (nSPS) is 25.4. The van der Waals surface area contributed by atoms with Gasteiger partial charge in [0.1, 0.15) is 10.7 Å². The summed E-state index contributed by atoms with van der Waals surface area (Å²) in [7, 11) is -3.75. The van der Waals surface area contributed by atoms with E-state index in [0.717, 1.165) is 18.5 Å². The molecule has 0 bridgehead atoms. The molecule has 1 aromatic rings. The first-order valence-corrected chi connectivity index (χ1v) is 8.31. The third-order valence-electron chi connectivity index (χ3n) is 2.91. The first-order chi connectivity index (χ1) is 8.95. The minimum Gasteiger partial charge on any atom is -0.374 e. The van der Waals surface area contributed by atoms with Gasteiger partial charge in [0.2, 0.25) is 10.0 Å². The second-order valence-corrected chi connectivity index (χ2v) is 6.91. The number of alkyl halides is 1. The third kappa shape index (κ3) is 3.13. The topological polar surface area (TPSA) is 59.5 Å². The Hall–Kier alpha value is -0.570. The van der Waals surface area contributed by atoms with E-state index in [9.17, 15) is 12.8 Å². The number of hydrogen-bond donors (Lipinski definition) is 0. The summed E-state index contributed by atoms with van der Waals surface area (Å²) in [6.07, 6.45) is 1.93. The Morgan fingerprint density at radius 2 is 2.32 bits per heavy atom. The molecule has 8 heteroatoms. The van der Waals surface area contributed by atoms with Gasteiger partial charge in [-0.2, -0.15) is 4.31 Å². The van der Waals surface area contributed by atoms with Gasteiger partial charge in [-0.3, -0.25) is 4.98 Å².